The van der Waals surface area contributed by atoms with Crippen molar-refractivity contribution in [3.63, 3.8) is 0 Å². The van der Waals surface area contributed by atoms with Crippen molar-refractivity contribution >= 4 is 23.1 Å². The first-order chi connectivity index (χ1) is 8.97. The highest BCUT2D eigenvalue weighted by atomic mass is 35.5. The standard InChI is InChI=1S/C15H13ClFNO/c1-9-6-11(17)3-2-10(9)7-15(19)13-8-12(18)4-5-14(13)16/h2-6,8H,7,18H2,1H3. The number of rotatable bonds is 3. The second kappa shape index (κ2) is 5.41. The van der Waals surface area contributed by atoms with E-state index in [1.807, 2.05) is 0 Å². The summed E-state index contributed by atoms with van der Waals surface area (Å²) in [7, 11) is 0. The Morgan fingerprint density at radius 2 is 2.00 bits per heavy atom. The Hall–Kier alpha value is -1.87. The third-order valence-corrected chi connectivity index (χ3v) is 3.28. The molecule has 2 rings (SSSR count). The number of carbonyl (C=O) groups is 1. The minimum absolute atomic E-state index is 0.132. The van der Waals surface area contributed by atoms with Crippen LogP contribution in [0.25, 0.3) is 0 Å². The molecule has 0 aliphatic heterocycles. The molecule has 0 unspecified atom stereocenters. The van der Waals surface area contributed by atoms with Crippen molar-refractivity contribution in [2.24, 2.45) is 0 Å². The number of benzene rings is 2. The van der Waals surface area contributed by atoms with Crippen molar-refractivity contribution in [3.8, 4) is 0 Å². The Kier molecular flexibility index (Phi) is 3.86. The van der Waals surface area contributed by atoms with Crippen LogP contribution in [0.15, 0.2) is 36.4 Å². The number of ketones is 1. The molecule has 19 heavy (non-hydrogen) atoms. The monoisotopic (exact) mass is 277 g/mol. The van der Waals surface area contributed by atoms with E-state index in [1.54, 1.807) is 31.2 Å². The molecule has 0 atom stereocenters. The number of nitrogen functional groups attached to an aromatic ring is 1. The smallest absolute Gasteiger partial charge is 0.168 e. The summed E-state index contributed by atoms with van der Waals surface area (Å²) in [5.41, 5.74) is 8.06. The third-order valence-electron chi connectivity index (χ3n) is 2.95. The Balaban J connectivity index is 2.28. The van der Waals surface area contributed by atoms with Crippen LogP contribution >= 0.6 is 11.6 Å². The van der Waals surface area contributed by atoms with Gasteiger partial charge in [0.15, 0.2) is 5.78 Å². The van der Waals surface area contributed by atoms with Crippen LogP contribution in [0.4, 0.5) is 10.1 Å². The van der Waals surface area contributed by atoms with E-state index in [0.717, 1.165) is 11.1 Å². The zero-order valence-electron chi connectivity index (χ0n) is 10.4. The van der Waals surface area contributed by atoms with Crippen LogP contribution < -0.4 is 5.73 Å². The number of aryl methyl sites for hydroxylation is 1. The van der Waals surface area contributed by atoms with E-state index < -0.39 is 0 Å². The molecule has 2 aromatic carbocycles. The van der Waals surface area contributed by atoms with Crippen molar-refractivity contribution in [1.82, 2.24) is 0 Å². The molecular weight excluding hydrogens is 265 g/mol. The number of carbonyl (C=O) groups excluding carboxylic acids is 1. The highest BCUT2D eigenvalue weighted by molar-refractivity contribution is 6.34. The molecule has 0 amide bonds. The van der Waals surface area contributed by atoms with Gasteiger partial charge in [-0.05, 0) is 48.4 Å². The van der Waals surface area contributed by atoms with Gasteiger partial charge in [-0.2, -0.15) is 0 Å². The molecule has 0 aliphatic rings. The molecule has 0 heterocycles. The summed E-state index contributed by atoms with van der Waals surface area (Å²) >= 11 is 5.99. The van der Waals surface area contributed by atoms with Gasteiger partial charge in [-0.15, -0.1) is 0 Å². The van der Waals surface area contributed by atoms with Crippen molar-refractivity contribution in [3.05, 3.63) is 63.9 Å². The summed E-state index contributed by atoms with van der Waals surface area (Å²) in [6.45, 7) is 1.77. The fourth-order valence-electron chi connectivity index (χ4n) is 1.88. The number of hydrogen-bond acceptors (Lipinski definition) is 2. The first-order valence-corrected chi connectivity index (χ1v) is 6.18. The maximum atomic E-state index is 13.0. The Bertz CT molecular complexity index is 640. The summed E-state index contributed by atoms with van der Waals surface area (Å²) in [4.78, 5) is 12.2. The average Bonchev–Trinajstić information content (AvgIpc) is 2.35. The molecule has 0 radical (unpaired) electrons. The first kappa shape index (κ1) is 13.6. The van der Waals surface area contributed by atoms with Crippen LogP contribution in [0.2, 0.25) is 5.02 Å². The Morgan fingerprint density at radius 3 is 2.68 bits per heavy atom. The summed E-state index contributed by atoms with van der Waals surface area (Å²) < 4.78 is 13.0. The molecule has 4 heteroatoms. The lowest BCUT2D eigenvalue weighted by atomic mass is 9.99. The van der Waals surface area contributed by atoms with Gasteiger partial charge in [0.05, 0.1) is 5.02 Å². The number of Topliss-reactive ketones (excluding diaryl/α,β-unsaturated/α-hetero) is 1. The Labute approximate surface area is 116 Å². The number of halogens is 2. The van der Waals surface area contributed by atoms with E-state index in [-0.39, 0.29) is 18.0 Å². The van der Waals surface area contributed by atoms with Gasteiger partial charge in [-0.25, -0.2) is 4.39 Å². The molecular formula is C15H13ClFNO. The second-order valence-electron chi connectivity index (χ2n) is 4.41. The van der Waals surface area contributed by atoms with Gasteiger partial charge < -0.3 is 5.73 Å². The van der Waals surface area contributed by atoms with E-state index >= 15 is 0 Å². The molecule has 0 saturated heterocycles. The molecule has 2 nitrogen and oxygen atoms in total. The van der Waals surface area contributed by atoms with E-state index in [9.17, 15) is 9.18 Å². The van der Waals surface area contributed by atoms with Crippen molar-refractivity contribution in [2.75, 3.05) is 5.73 Å². The summed E-state index contributed by atoms with van der Waals surface area (Å²) in [6, 6.07) is 9.16. The molecule has 0 fully saturated rings. The van der Waals surface area contributed by atoms with Crippen molar-refractivity contribution in [1.29, 1.82) is 0 Å². The van der Waals surface area contributed by atoms with Crippen molar-refractivity contribution in [2.45, 2.75) is 13.3 Å². The molecule has 0 saturated carbocycles. The normalized spacial score (nSPS) is 10.5. The summed E-state index contributed by atoms with van der Waals surface area (Å²) in [6.07, 6.45) is 0.176. The molecule has 0 bridgehead atoms. The van der Waals surface area contributed by atoms with Crippen LogP contribution in [-0.4, -0.2) is 5.78 Å². The van der Waals surface area contributed by atoms with Crippen LogP contribution in [-0.2, 0) is 6.42 Å². The highest BCUT2D eigenvalue weighted by Crippen LogP contribution is 2.21. The van der Waals surface area contributed by atoms with Gasteiger partial charge in [0, 0.05) is 17.7 Å². The van der Waals surface area contributed by atoms with Gasteiger partial charge in [0.25, 0.3) is 0 Å². The largest absolute Gasteiger partial charge is 0.399 e. The summed E-state index contributed by atoms with van der Waals surface area (Å²) in [5.74, 6) is -0.442. The number of hydrogen-bond donors (Lipinski definition) is 1. The van der Waals surface area contributed by atoms with Crippen LogP contribution in [0.1, 0.15) is 21.5 Å². The second-order valence-corrected chi connectivity index (χ2v) is 4.82. The molecule has 2 N–H and O–H groups in total. The quantitative estimate of drug-likeness (QED) is 0.685. The minimum atomic E-state index is -0.310. The predicted octanol–water partition coefficient (Wildman–Crippen LogP) is 3.80. The van der Waals surface area contributed by atoms with Crippen LogP contribution in [0.3, 0.4) is 0 Å². The van der Waals surface area contributed by atoms with Gasteiger partial charge >= 0.3 is 0 Å². The lowest BCUT2D eigenvalue weighted by Crippen LogP contribution is -2.06. The number of nitrogens with two attached hydrogens (primary N) is 1. The lowest BCUT2D eigenvalue weighted by Gasteiger charge is -2.07. The molecule has 0 aliphatic carbocycles. The Morgan fingerprint density at radius 1 is 1.26 bits per heavy atom. The van der Waals surface area contributed by atoms with E-state index in [1.165, 1.54) is 12.1 Å². The fraction of sp³-hybridized carbons (Fsp3) is 0.133. The van der Waals surface area contributed by atoms with Crippen LogP contribution in [0, 0.1) is 12.7 Å². The molecule has 2 aromatic rings. The maximum absolute atomic E-state index is 13.0. The van der Waals surface area contributed by atoms with Crippen molar-refractivity contribution < 1.29 is 9.18 Å². The SMILES string of the molecule is Cc1cc(F)ccc1CC(=O)c1cc(N)ccc1Cl. The van der Waals surface area contributed by atoms with Gasteiger partial charge in [0.2, 0.25) is 0 Å². The van der Waals surface area contributed by atoms with Gasteiger partial charge in [-0.1, -0.05) is 17.7 Å². The van der Waals surface area contributed by atoms with E-state index in [2.05, 4.69) is 0 Å². The highest BCUT2D eigenvalue weighted by Gasteiger charge is 2.13. The zero-order chi connectivity index (χ0) is 14.0. The maximum Gasteiger partial charge on any atom is 0.168 e. The topological polar surface area (TPSA) is 43.1 Å². The van der Waals surface area contributed by atoms with E-state index in [0.29, 0.717) is 16.3 Å². The van der Waals surface area contributed by atoms with Gasteiger partial charge in [0.1, 0.15) is 5.82 Å². The number of anilines is 1. The molecule has 0 aromatic heterocycles. The lowest BCUT2D eigenvalue weighted by molar-refractivity contribution is 0.0993. The molecule has 98 valence electrons. The molecule has 0 spiro atoms. The summed E-state index contributed by atoms with van der Waals surface area (Å²) in [5, 5.41) is 0.374. The third kappa shape index (κ3) is 3.12. The minimum Gasteiger partial charge on any atom is -0.399 e. The fourth-order valence-corrected chi connectivity index (χ4v) is 2.11. The predicted molar refractivity (Wildman–Crippen MR) is 75.0 cm³/mol. The average molecular weight is 278 g/mol. The first-order valence-electron chi connectivity index (χ1n) is 5.80. The zero-order valence-corrected chi connectivity index (χ0v) is 11.2. The van der Waals surface area contributed by atoms with Gasteiger partial charge in [-0.3, -0.25) is 4.79 Å². The van der Waals surface area contributed by atoms with Crippen LogP contribution in [0.5, 0.6) is 0 Å². The van der Waals surface area contributed by atoms with E-state index in [4.69, 9.17) is 17.3 Å².